The standard InChI is InChI=1S/C18H16F3NO5S2/c19-18(20,21)27-13-3-1-12(2-4-13)17-22(7-10-28-17)29(23,24)14-5-6-15-16(11-14)26-9-8-25-15/h1-6,11,17H,7-10H2/t17-/m1/s1. The van der Waals surface area contributed by atoms with Crippen LogP contribution in [0.4, 0.5) is 13.2 Å². The van der Waals surface area contributed by atoms with Crippen molar-refractivity contribution in [3.05, 3.63) is 48.0 Å². The number of hydrogen-bond donors (Lipinski definition) is 0. The molecular weight excluding hydrogens is 431 g/mol. The Morgan fingerprint density at radius 3 is 2.41 bits per heavy atom. The van der Waals surface area contributed by atoms with Crippen molar-refractivity contribution in [1.82, 2.24) is 4.31 Å². The molecule has 2 aromatic rings. The fourth-order valence-corrected chi connectivity index (χ4v) is 6.37. The van der Waals surface area contributed by atoms with Gasteiger partial charge in [0, 0.05) is 18.4 Å². The van der Waals surface area contributed by atoms with Gasteiger partial charge in [-0.1, -0.05) is 12.1 Å². The van der Waals surface area contributed by atoms with Crippen LogP contribution in [0.5, 0.6) is 17.2 Å². The Kier molecular flexibility index (Phi) is 5.30. The topological polar surface area (TPSA) is 65.1 Å². The summed E-state index contributed by atoms with van der Waals surface area (Å²) in [5.41, 5.74) is 0.572. The largest absolute Gasteiger partial charge is 0.573 e. The number of ether oxygens (including phenoxy) is 3. The van der Waals surface area contributed by atoms with E-state index in [0.29, 0.717) is 36.0 Å². The Labute approximate surface area is 169 Å². The predicted molar refractivity (Wildman–Crippen MR) is 99.6 cm³/mol. The number of alkyl halides is 3. The molecule has 2 aromatic carbocycles. The summed E-state index contributed by atoms with van der Waals surface area (Å²) in [5, 5.41) is -0.548. The predicted octanol–water partition coefficient (Wildman–Crippen LogP) is 3.79. The van der Waals surface area contributed by atoms with Crippen LogP contribution < -0.4 is 14.2 Å². The molecule has 0 aliphatic carbocycles. The van der Waals surface area contributed by atoms with E-state index in [1.807, 2.05) is 0 Å². The summed E-state index contributed by atoms with van der Waals surface area (Å²) < 4.78 is 79.5. The Morgan fingerprint density at radius 1 is 1.03 bits per heavy atom. The van der Waals surface area contributed by atoms with Gasteiger partial charge in [0.1, 0.15) is 19.0 Å². The van der Waals surface area contributed by atoms with Crippen molar-refractivity contribution in [3.63, 3.8) is 0 Å². The van der Waals surface area contributed by atoms with Gasteiger partial charge in [0.2, 0.25) is 10.0 Å². The van der Waals surface area contributed by atoms with Crippen molar-refractivity contribution >= 4 is 21.8 Å². The van der Waals surface area contributed by atoms with Crippen LogP contribution in [-0.4, -0.2) is 44.6 Å². The molecule has 0 N–H and O–H groups in total. The summed E-state index contributed by atoms with van der Waals surface area (Å²) in [6.07, 6.45) is -4.78. The molecule has 6 nitrogen and oxygen atoms in total. The van der Waals surface area contributed by atoms with E-state index in [-0.39, 0.29) is 17.2 Å². The maximum atomic E-state index is 13.2. The minimum absolute atomic E-state index is 0.0753. The average Bonchev–Trinajstić information content (AvgIpc) is 3.18. The van der Waals surface area contributed by atoms with Crippen LogP contribution in [0.1, 0.15) is 10.9 Å². The van der Waals surface area contributed by atoms with Gasteiger partial charge in [-0.05, 0) is 29.8 Å². The first-order valence-electron chi connectivity index (χ1n) is 8.63. The lowest BCUT2D eigenvalue weighted by Crippen LogP contribution is -2.30. The fourth-order valence-electron chi connectivity index (χ4n) is 3.12. The van der Waals surface area contributed by atoms with Crippen LogP contribution in [0.2, 0.25) is 0 Å². The third kappa shape index (κ3) is 4.26. The first-order valence-corrected chi connectivity index (χ1v) is 11.1. The molecule has 0 unspecified atom stereocenters. The maximum Gasteiger partial charge on any atom is 0.573 e. The smallest absolute Gasteiger partial charge is 0.486 e. The van der Waals surface area contributed by atoms with Crippen molar-refractivity contribution in [3.8, 4) is 17.2 Å². The van der Waals surface area contributed by atoms with Gasteiger partial charge in [-0.25, -0.2) is 8.42 Å². The molecule has 0 saturated carbocycles. The number of thioether (sulfide) groups is 1. The summed E-state index contributed by atoms with van der Waals surface area (Å²) in [5.74, 6) is 1.07. The van der Waals surface area contributed by atoms with Gasteiger partial charge in [-0.2, -0.15) is 4.31 Å². The van der Waals surface area contributed by atoms with E-state index in [9.17, 15) is 21.6 Å². The van der Waals surface area contributed by atoms with Crippen molar-refractivity contribution in [1.29, 1.82) is 0 Å². The van der Waals surface area contributed by atoms with Crippen LogP contribution in [0, 0.1) is 0 Å². The number of benzene rings is 2. The Bertz CT molecular complexity index is 996. The van der Waals surface area contributed by atoms with E-state index in [0.717, 1.165) is 0 Å². The Hall–Kier alpha value is -2.11. The number of halogens is 3. The number of sulfonamides is 1. The average molecular weight is 447 g/mol. The van der Waals surface area contributed by atoms with Gasteiger partial charge in [-0.15, -0.1) is 24.9 Å². The second-order valence-corrected chi connectivity index (χ2v) is 9.34. The van der Waals surface area contributed by atoms with Crippen LogP contribution >= 0.6 is 11.8 Å². The number of nitrogens with zero attached hydrogens (tertiary/aromatic N) is 1. The molecule has 2 aliphatic heterocycles. The molecule has 2 aliphatic rings. The first kappa shape index (κ1) is 20.2. The third-order valence-corrected chi connectivity index (χ3v) is 7.62. The van der Waals surface area contributed by atoms with E-state index in [4.69, 9.17) is 9.47 Å². The normalized spacial score (nSPS) is 19.9. The molecule has 1 atom stereocenters. The van der Waals surface area contributed by atoms with E-state index < -0.39 is 21.8 Å². The molecule has 0 bridgehead atoms. The van der Waals surface area contributed by atoms with E-state index in [1.165, 1.54) is 52.5 Å². The van der Waals surface area contributed by atoms with Crippen LogP contribution in [0.25, 0.3) is 0 Å². The minimum Gasteiger partial charge on any atom is -0.486 e. The second-order valence-electron chi connectivity index (χ2n) is 6.26. The van der Waals surface area contributed by atoms with Gasteiger partial charge in [-0.3, -0.25) is 0 Å². The van der Waals surface area contributed by atoms with Crippen molar-refractivity contribution < 1.29 is 35.8 Å². The zero-order valence-corrected chi connectivity index (χ0v) is 16.5. The minimum atomic E-state index is -4.78. The lowest BCUT2D eigenvalue weighted by molar-refractivity contribution is -0.274. The maximum absolute atomic E-state index is 13.2. The highest BCUT2D eigenvalue weighted by molar-refractivity contribution is 8.01. The molecule has 0 amide bonds. The van der Waals surface area contributed by atoms with Gasteiger partial charge in [0.15, 0.2) is 11.5 Å². The molecule has 0 aromatic heterocycles. The van der Waals surface area contributed by atoms with E-state index in [2.05, 4.69) is 4.74 Å². The molecule has 2 heterocycles. The van der Waals surface area contributed by atoms with E-state index >= 15 is 0 Å². The van der Waals surface area contributed by atoms with Gasteiger partial charge >= 0.3 is 6.36 Å². The highest BCUT2D eigenvalue weighted by atomic mass is 32.2. The van der Waals surface area contributed by atoms with Crippen LogP contribution in [0.15, 0.2) is 47.4 Å². The van der Waals surface area contributed by atoms with Crippen molar-refractivity contribution in [2.45, 2.75) is 16.6 Å². The molecule has 0 spiro atoms. The number of fused-ring (bicyclic) bond motifs is 1. The van der Waals surface area contributed by atoms with Gasteiger partial charge in [0.25, 0.3) is 0 Å². The molecule has 156 valence electrons. The second kappa shape index (κ2) is 7.62. The van der Waals surface area contributed by atoms with Gasteiger partial charge < -0.3 is 14.2 Å². The van der Waals surface area contributed by atoms with Gasteiger partial charge in [0.05, 0.1) is 10.3 Å². The highest BCUT2D eigenvalue weighted by Gasteiger charge is 2.38. The van der Waals surface area contributed by atoms with Crippen molar-refractivity contribution in [2.75, 3.05) is 25.5 Å². The lowest BCUT2D eigenvalue weighted by Gasteiger charge is -2.25. The zero-order chi connectivity index (χ0) is 20.6. The molecular formula is C18H16F3NO5S2. The summed E-state index contributed by atoms with van der Waals surface area (Å²) in [7, 11) is -3.84. The number of rotatable bonds is 4. The zero-order valence-electron chi connectivity index (χ0n) is 14.9. The molecule has 1 fully saturated rings. The SMILES string of the molecule is O=S(=O)(c1ccc2c(c1)OCCO2)N1CCS[C@@H]1c1ccc(OC(F)(F)F)cc1. The quantitative estimate of drug-likeness (QED) is 0.711. The summed E-state index contributed by atoms with van der Waals surface area (Å²) in [6.45, 7) is 1.02. The number of hydrogen-bond acceptors (Lipinski definition) is 6. The highest BCUT2D eigenvalue weighted by Crippen LogP contribution is 2.43. The Morgan fingerprint density at radius 2 is 1.72 bits per heavy atom. The summed E-state index contributed by atoms with van der Waals surface area (Å²) >= 11 is 1.40. The molecule has 11 heteroatoms. The molecule has 0 radical (unpaired) electrons. The van der Waals surface area contributed by atoms with Crippen LogP contribution in [0.3, 0.4) is 0 Å². The van der Waals surface area contributed by atoms with Crippen LogP contribution in [-0.2, 0) is 10.0 Å². The van der Waals surface area contributed by atoms with E-state index in [1.54, 1.807) is 6.07 Å². The third-order valence-electron chi connectivity index (χ3n) is 4.37. The van der Waals surface area contributed by atoms with Crippen molar-refractivity contribution in [2.24, 2.45) is 0 Å². The summed E-state index contributed by atoms with van der Waals surface area (Å²) in [6, 6.07) is 9.69. The molecule has 1 saturated heterocycles. The monoisotopic (exact) mass is 447 g/mol. The molecule has 29 heavy (non-hydrogen) atoms. The fraction of sp³-hybridized carbons (Fsp3) is 0.333. The molecule has 4 rings (SSSR count). The first-order chi connectivity index (χ1) is 13.7. The lowest BCUT2D eigenvalue weighted by atomic mass is 10.2. The Balaban J connectivity index is 1.59. The summed E-state index contributed by atoms with van der Waals surface area (Å²) in [4.78, 5) is 0.0753.